The summed E-state index contributed by atoms with van der Waals surface area (Å²) in [4.78, 5) is 8.59. The number of halogens is 3. The van der Waals surface area contributed by atoms with E-state index in [1.165, 1.54) is 7.11 Å². The van der Waals surface area contributed by atoms with E-state index in [4.69, 9.17) is 10.5 Å². The number of alkyl halides is 3. The molecule has 1 rings (SSSR count). The van der Waals surface area contributed by atoms with Gasteiger partial charge >= 0.3 is 6.18 Å². The SMILES string of the molecule is CCCN(CC(F)(F)F)c1ncnc(N)c1OC. The largest absolute Gasteiger partial charge is 0.490 e. The van der Waals surface area contributed by atoms with E-state index in [-0.39, 0.29) is 23.9 Å². The molecule has 0 unspecified atom stereocenters. The highest BCUT2D eigenvalue weighted by atomic mass is 19.4. The fourth-order valence-corrected chi connectivity index (χ4v) is 1.54. The normalized spacial score (nSPS) is 11.4. The van der Waals surface area contributed by atoms with Gasteiger partial charge in [-0.2, -0.15) is 13.2 Å². The number of hydrogen-bond donors (Lipinski definition) is 1. The van der Waals surface area contributed by atoms with Crippen LogP contribution in [-0.4, -0.2) is 36.3 Å². The van der Waals surface area contributed by atoms with Gasteiger partial charge in [0.25, 0.3) is 0 Å². The van der Waals surface area contributed by atoms with Crippen LogP contribution in [0.1, 0.15) is 13.3 Å². The maximum absolute atomic E-state index is 12.5. The Kier molecular flexibility index (Phi) is 4.57. The van der Waals surface area contributed by atoms with Gasteiger partial charge in [0.2, 0.25) is 5.75 Å². The third-order valence-electron chi connectivity index (χ3n) is 2.18. The van der Waals surface area contributed by atoms with E-state index < -0.39 is 12.7 Å². The van der Waals surface area contributed by atoms with Gasteiger partial charge in [-0.1, -0.05) is 6.92 Å². The number of rotatable bonds is 5. The number of anilines is 2. The smallest absolute Gasteiger partial charge is 0.405 e. The van der Waals surface area contributed by atoms with Crippen molar-refractivity contribution in [2.45, 2.75) is 19.5 Å². The second-order valence-electron chi connectivity index (χ2n) is 3.65. The molecule has 0 bridgehead atoms. The highest BCUT2D eigenvalue weighted by Gasteiger charge is 2.32. The molecule has 0 radical (unpaired) electrons. The predicted octanol–water partition coefficient (Wildman–Crippen LogP) is 1.85. The zero-order chi connectivity index (χ0) is 13.8. The molecule has 0 aliphatic heterocycles. The molecule has 0 atom stereocenters. The van der Waals surface area contributed by atoms with Crippen molar-refractivity contribution in [2.75, 3.05) is 30.8 Å². The molecule has 2 N–H and O–H groups in total. The number of methoxy groups -OCH3 is 1. The third-order valence-corrected chi connectivity index (χ3v) is 2.18. The molecule has 5 nitrogen and oxygen atoms in total. The van der Waals surface area contributed by atoms with E-state index >= 15 is 0 Å². The minimum absolute atomic E-state index is 0.0192. The molecule has 0 aliphatic carbocycles. The Morgan fingerprint density at radius 3 is 2.56 bits per heavy atom. The molecule has 8 heteroatoms. The number of nitrogen functional groups attached to an aromatic ring is 1. The molecule has 18 heavy (non-hydrogen) atoms. The van der Waals surface area contributed by atoms with Crippen LogP contribution in [0.25, 0.3) is 0 Å². The summed E-state index contributed by atoms with van der Waals surface area (Å²) in [6, 6.07) is 0. The number of ether oxygens (including phenoxy) is 1. The van der Waals surface area contributed by atoms with Crippen LogP contribution in [-0.2, 0) is 0 Å². The molecule has 0 saturated heterocycles. The van der Waals surface area contributed by atoms with Gasteiger partial charge in [-0.25, -0.2) is 9.97 Å². The molecule has 0 fully saturated rings. The minimum atomic E-state index is -4.32. The maximum atomic E-state index is 12.5. The summed E-state index contributed by atoms with van der Waals surface area (Å²) in [5.74, 6) is 0.144. The summed E-state index contributed by atoms with van der Waals surface area (Å²) in [6.07, 6.45) is -2.66. The monoisotopic (exact) mass is 264 g/mol. The van der Waals surface area contributed by atoms with Gasteiger partial charge in [0.1, 0.15) is 12.9 Å². The molecule has 0 spiro atoms. The first kappa shape index (κ1) is 14.3. The minimum Gasteiger partial charge on any atom is -0.490 e. The maximum Gasteiger partial charge on any atom is 0.405 e. The Bertz CT molecular complexity index is 397. The van der Waals surface area contributed by atoms with Crippen LogP contribution >= 0.6 is 0 Å². The lowest BCUT2D eigenvalue weighted by molar-refractivity contribution is -0.119. The predicted molar refractivity (Wildman–Crippen MR) is 61.6 cm³/mol. The molecule has 0 aromatic carbocycles. The lowest BCUT2D eigenvalue weighted by Crippen LogP contribution is -2.35. The lowest BCUT2D eigenvalue weighted by Gasteiger charge is -2.25. The van der Waals surface area contributed by atoms with E-state index in [2.05, 4.69) is 9.97 Å². The van der Waals surface area contributed by atoms with E-state index in [0.717, 1.165) is 11.2 Å². The zero-order valence-electron chi connectivity index (χ0n) is 10.2. The number of nitrogens with two attached hydrogens (primary N) is 1. The first-order valence-electron chi connectivity index (χ1n) is 5.35. The fraction of sp³-hybridized carbons (Fsp3) is 0.600. The van der Waals surface area contributed by atoms with Crippen molar-refractivity contribution in [3.8, 4) is 5.75 Å². The second kappa shape index (κ2) is 5.74. The van der Waals surface area contributed by atoms with Gasteiger partial charge in [-0.3, -0.25) is 0 Å². The summed E-state index contributed by atoms with van der Waals surface area (Å²) < 4.78 is 42.4. The van der Waals surface area contributed by atoms with Gasteiger partial charge < -0.3 is 15.4 Å². The van der Waals surface area contributed by atoms with Gasteiger partial charge in [-0.05, 0) is 6.42 Å². The molecule has 0 saturated carbocycles. The van der Waals surface area contributed by atoms with Gasteiger partial charge in [0, 0.05) is 6.54 Å². The average molecular weight is 264 g/mol. The summed E-state index contributed by atoms with van der Waals surface area (Å²) in [5.41, 5.74) is 5.55. The Hall–Kier alpha value is -1.73. The molecule has 1 aromatic rings. The molecule has 0 amide bonds. The Labute approximate surface area is 103 Å². The first-order valence-corrected chi connectivity index (χ1v) is 5.35. The van der Waals surface area contributed by atoms with Crippen molar-refractivity contribution in [1.29, 1.82) is 0 Å². The first-order chi connectivity index (χ1) is 8.39. The second-order valence-corrected chi connectivity index (χ2v) is 3.65. The topological polar surface area (TPSA) is 64.3 Å². The van der Waals surface area contributed by atoms with Crippen molar-refractivity contribution < 1.29 is 17.9 Å². The summed E-state index contributed by atoms with van der Waals surface area (Å²) in [5, 5.41) is 0. The van der Waals surface area contributed by atoms with Crippen molar-refractivity contribution in [2.24, 2.45) is 0 Å². The average Bonchev–Trinajstić information content (AvgIpc) is 2.26. The van der Waals surface area contributed by atoms with Crippen LogP contribution in [0.5, 0.6) is 5.75 Å². The standard InChI is InChI=1S/C10H15F3N4O/c1-3-4-17(5-10(11,12)13)9-7(18-2)8(14)15-6-16-9/h6H,3-5H2,1-2H3,(H2,14,15,16). The van der Waals surface area contributed by atoms with Gasteiger partial charge in [0.05, 0.1) is 7.11 Å². The van der Waals surface area contributed by atoms with Crippen molar-refractivity contribution in [3.63, 3.8) is 0 Å². The van der Waals surface area contributed by atoms with Crippen molar-refractivity contribution >= 4 is 11.6 Å². The fourth-order valence-electron chi connectivity index (χ4n) is 1.54. The van der Waals surface area contributed by atoms with Crippen LogP contribution in [0.3, 0.4) is 0 Å². The summed E-state index contributed by atoms with van der Waals surface area (Å²) in [6.45, 7) is 0.875. The van der Waals surface area contributed by atoms with Crippen LogP contribution in [0, 0.1) is 0 Å². The Balaban J connectivity index is 3.09. The summed E-state index contributed by atoms with van der Waals surface area (Å²) >= 11 is 0. The van der Waals surface area contributed by atoms with E-state index in [0.29, 0.717) is 6.42 Å². The number of nitrogens with zero attached hydrogens (tertiary/aromatic N) is 3. The Morgan fingerprint density at radius 2 is 2.06 bits per heavy atom. The highest BCUT2D eigenvalue weighted by Crippen LogP contribution is 2.31. The molecule has 1 aromatic heterocycles. The van der Waals surface area contributed by atoms with Gasteiger partial charge in [-0.15, -0.1) is 0 Å². The molecular formula is C10H15F3N4O. The van der Waals surface area contributed by atoms with Gasteiger partial charge in [0.15, 0.2) is 11.6 Å². The third kappa shape index (κ3) is 3.64. The van der Waals surface area contributed by atoms with Crippen LogP contribution in [0.15, 0.2) is 6.33 Å². The molecular weight excluding hydrogens is 249 g/mol. The van der Waals surface area contributed by atoms with Crippen LogP contribution in [0.2, 0.25) is 0 Å². The summed E-state index contributed by atoms with van der Waals surface area (Å²) in [7, 11) is 1.32. The molecule has 0 aliphatic rings. The lowest BCUT2D eigenvalue weighted by atomic mass is 10.3. The van der Waals surface area contributed by atoms with E-state index in [1.54, 1.807) is 6.92 Å². The number of hydrogen-bond acceptors (Lipinski definition) is 5. The Morgan fingerprint density at radius 1 is 1.39 bits per heavy atom. The van der Waals surface area contributed by atoms with Crippen LogP contribution in [0.4, 0.5) is 24.8 Å². The number of aromatic nitrogens is 2. The quantitative estimate of drug-likeness (QED) is 0.879. The zero-order valence-corrected chi connectivity index (χ0v) is 10.2. The van der Waals surface area contributed by atoms with Crippen molar-refractivity contribution in [1.82, 2.24) is 9.97 Å². The molecule has 102 valence electrons. The van der Waals surface area contributed by atoms with Crippen molar-refractivity contribution in [3.05, 3.63) is 6.33 Å². The van der Waals surface area contributed by atoms with Crippen LogP contribution < -0.4 is 15.4 Å². The van der Waals surface area contributed by atoms with E-state index in [9.17, 15) is 13.2 Å². The van der Waals surface area contributed by atoms with E-state index in [1.807, 2.05) is 0 Å². The molecule has 1 heterocycles. The highest BCUT2D eigenvalue weighted by molar-refractivity contribution is 5.62.